The molecule has 0 aliphatic carbocycles. The average Bonchev–Trinajstić information content (AvgIpc) is 2.87. The van der Waals surface area contributed by atoms with Crippen molar-refractivity contribution in [2.24, 2.45) is 5.41 Å². The van der Waals surface area contributed by atoms with E-state index in [0.29, 0.717) is 6.61 Å². The van der Waals surface area contributed by atoms with E-state index in [1.807, 2.05) is 43.5 Å². The van der Waals surface area contributed by atoms with Gasteiger partial charge in [0.05, 0.1) is 5.69 Å². The third kappa shape index (κ3) is 4.82. The van der Waals surface area contributed by atoms with Crippen LogP contribution in [0.3, 0.4) is 0 Å². The Morgan fingerprint density at radius 3 is 2.37 bits per heavy atom. The molecule has 3 rings (SSSR count). The Morgan fingerprint density at radius 2 is 1.70 bits per heavy atom. The fourth-order valence-corrected chi connectivity index (χ4v) is 3.85. The maximum atomic E-state index is 6.07. The molecule has 27 heavy (non-hydrogen) atoms. The molecule has 1 aromatic carbocycles. The van der Waals surface area contributed by atoms with Crippen LogP contribution in [0.4, 0.5) is 5.82 Å². The summed E-state index contributed by atoms with van der Waals surface area (Å²) < 4.78 is 8.17. The Hall–Kier alpha value is -2.49. The second kappa shape index (κ2) is 7.26. The number of aromatic nitrogens is 2. The summed E-state index contributed by atoms with van der Waals surface area (Å²) >= 11 is 0. The van der Waals surface area contributed by atoms with Gasteiger partial charge in [-0.3, -0.25) is 4.40 Å². The van der Waals surface area contributed by atoms with Crippen LogP contribution in [0.25, 0.3) is 5.65 Å². The van der Waals surface area contributed by atoms with Crippen LogP contribution < -0.4 is 10.1 Å². The van der Waals surface area contributed by atoms with Crippen molar-refractivity contribution in [3.8, 4) is 5.75 Å². The van der Waals surface area contributed by atoms with Gasteiger partial charge in [0, 0.05) is 11.7 Å². The summed E-state index contributed by atoms with van der Waals surface area (Å²) in [5, 5.41) is 3.71. The molecule has 2 aromatic heterocycles. The molecule has 4 nitrogen and oxygen atoms in total. The number of benzene rings is 1. The number of pyridine rings is 1. The highest BCUT2D eigenvalue weighted by Crippen LogP contribution is 2.32. The molecule has 144 valence electrons. The molecule has 0 saturated heterocycles. The minimum atomic E-state index is -0.0418. The van der Waals surface area contributed by atoms with Gasteiger partial charge in [-0.05, 0) is 50.3 Å². The number of aryl methyl sites for hydroxylation is 1. The zero-order chi connectivity index (χ0) is 19.7. The first-order valence-corrected chi connectivity index (χ1v) is 9.57. The third-order valence-electron chi connectivity index (χ3n) is 4.45. The van der Waals surface area contributed by atoms with E-state index in [1.54, 1.807) is 0 Å². The maximum Gasteiger partial charge on any atom is 0.181 e. The highest BCUT2D eigenvalue weighted by molar-refractivity contribution is 5.63. The SMILES string of the molecule is Cc1nc2c(OCc3ccccc3)cccn2c1NC(C)(C)CC(C)(C)C. The molecular weight excluding hydrogens is 334 g/mol. The van der Waals surface area contributed by atoms with Crippen LogP contribution in [-0.2, 0) is 6.61 Å². The summed E-state index contributed by atoms with van der Waals surface area (Å²) in [5.41, 5.74) is 3.18. The number of anilines is 1. The molecule has 4 heteroatoms. The van der Waals surface area contributed by atoms with E-state index in [-0.39, 0.29) is 11.0 Å². The number of nitrogens with one attached hydrogen (secondary N) is 1. The van der Waals surface area contributed by atoms with E-state index in [9.17, 15) is 0 Å². The van der Waals surface area contributed by atoms with Gasteiger partial charge in [-0.1, -0.05) is 51.1 Å². The number of imidazole rings is 1. The molecule has 0 atom stereocenters. The Bertz CT molecular complexity index is 905. The largest absolute Gasteiger partial charge is 0.485 e. The molecule has 0 spiro atoms. The molecule has 3 aromatic rings. The van der Waals surface area contributed by atoms with Crippen molar-refractivity contribution < 1.29 is 4.74 Å². The van der Waals surface area contributed by atoms with Crippen LogP contribution in [0.1, 0.15) is 52.3 Å². The highest BCUT2D eigenvalue weighted by atomic mass is 16.5. The van der Waals surface area contributed by atoms with E-state index in [4.69, 9.17) is 9.72 Å². The molecule has 1 N–H and O–H groups in total. The van der Waals surface area contributed by atoms with Crippen molar-refractivity contribution in [2.45, 2.75) is 60.1 Å². The first kappa shape index (κ1) is 19.3. The molecule has 0 aliphatic heterocycles. The quantitative estimate of drug-likeness (QED) is 0.595. The predicted octanol–water partition coefficient (Wildman–Crippen LogP) is 5.85. The van der Waals surface area contributed by atoms with Gasteiger partial charge in [0.2, 0.25) is 0 Å². The minimum Gasteiger partial charge on any atom is -0.485 e. The highest BCUT2D eigenvalue weighted by Gasteiger charge is 2.27. The van der Waals surface area contributed by atoms with Crippen LogP contribution in [0, 0.1) is 12.3 Å². The minimum absolute atomic E-state index is 0.0418. The van der Waals surface area contributed by atoms with Gasteiger partial charge in [-0.25, -0.2) is 4.98 Å². The summed E-state index contributed by atoms with van der Waals surface area (Å²) in [6.07, 6.45) is 3.09. The monoisotopic (exact) mass is 365 g/mol. The lowest BCUT2D eigenvalue weighted by Gasteiger charge is -2.34. The Morgan fingerprint density at radius 1 is 1.00 bits per heavy atom. The lowest BCUT2D eigenvalue weighted by molar-refractivity contribution is 0.301. The van der Waals surface area contributed by atoms with Crippen molar-refractivity contribution in [1.29, 1.82) is 0 Å². The van der Waals surface area contributed by atoms with Crippen molar-refractivity contribution in [2.75, 3.05) is 5.32 Å². The topological polar surface area (TPSA) is 38.6 Å². The van der Waals surface area contributed by atoms with Crippen LogP contribution >= 0.6 is 0 Å². The molecule has 2 heterocycles. The Labute approximate surface area is 162 Å². The number of nitrogens with zero attached hydrogens (tertiary/aromatic N) is 2. The number of ether oxygens (including phenoxy) is 1. The summed E-state index contributed by atoms with van der Waals surface area (Å²) in [6, 6.07) is 14.2. The molecule has 0 fully saturated rings. The predicted molar refractivity (Wildman–Crippen MR) is 112 cm³/mol. The van der Waals surface area contributed by atoms with Gasteiger partial charge >= 0.3 is 0 Å². The lowest BCUT2D eigenvalue weighted by Crippen LogP contribution is -2.36. The van der Waals surface area contributed by atoms with Crippen molar-refractivity contribution in [1.82, 2.24) is 9.38 Å². The summed E-state index contributed by atoms with van der Waals surface area (Å²) in [4.78, 5) is 4.78. The van der Waals surface area contributed by atoms with Crippen LogP contribution in [0.2, 0.25) is 0 Å². The van der Waals surface area contributed by atoms with Gasteiger partial charge < -0.3 is 10.1 Å². The van der Waals surface area contributed by atoms with Gasteiger partial charge in [-0.2, -0.15) is 0 Å². The molecule has 0 aliphatic rings. The van der Waals surface area contributed by atoms with Crippen molar-refractivity contribution >= 4 is 11.5 Å². The number of rotatable bonds is 6. The first-order valence-electron chi connectivity index (χ1n) is 9.57. The lowest BCUT2D eigenvalue weighted by atomic mass is 9.82. The number of hydrogen-bond acceptors (Lipinski definition) is 3. The van der Waals surface area contributed by atoms with Crippen LogP contribution in [0.15, 0.2) is 48.7 Å². The zero-order valence-corrected chi connectivity index (χ0v) is 17.3. The molecular formula is C23H31N3O. The number of hydrogen-bond donors (Lipinski definition) is 1. The van der Waals surface area contributed by atoms with Crippen molar-refractivity contribution in [3.05, 3.63) is 59.9 Å². The summed E-state index contributed by atoms with van der Waals surface area (Å²) in [5.74, 6) is 1.83. The number of fused-ring (bicyclic) bond motifs is 1. The van der Waals surface area contributed by atoms with E-state index in [1.165, 1.54) is 0 Å². The maximum absolute atomic E-state index is 6.07. The first-order chi connectivity index (χ1) is 12.6. The van der Waals surface area contributed by atoms with E-state index >= 15 is 0 Å². The Balaban J connectivity index is 1.87. The van der Waals surface area contributed by atoms with E-state index in [0.717, 1.165) is 34.9 Å². The van der Waals surface area contributed by atoms with Gasteiger partial charge in [0.1, 0.15) is 12.4 Å². The standard InChI is InChI=1S/C23H31N3O/c1-17-20(25-23(5,6)16-22(2,3)4)26-14-10-13-19(21(26)24-17)27-15-18-11-8-7-9-12-18/h7-14,25H,15-16H2,1-6H3. The van der Waals surface area contributed by atoms with Gasteiger partial charge in [0.15, 0.2) is 11.4 Å². The summed E-state index contributed by atoms with van der Waals surface area (Å²) in [6.45, 7) is 13.9. The molecule has 0 unspecified atom stereocenters. The molecule has 0 amide bonds. The van der Waals surface area contributed by atoms with Gasteiger partial charge in [-0.15, -0.1) is 0 Å². The molecule has 0 saturated carbocycles. The Kier molecular flexibility index (Phi) is 5.18. The molecule has 0 bridgehead atoms. The smallest absolute Gasteiger partial charge is 0.181 e. The van der Waals surface area contributed by atoms with E-state index in [2.05, 4.69) is 56.5 Å². The molecule has 0 radical (unpaired) electrons. The third-order valence-corrected chi connectivity index (χ3v) is 4.45. The van der Waals surface area contributed by atoms with Crippen LogP contribution in [-0.4, -0.2) is 14.9 Å². The van der Waals surface area contributed by atoms with Crippen molar-refractivity contribution in [3.63, 3.8) is 0 Å². The second-order valence-corrected chi connectivity index (χ2v) is 9.13. The van der Waals surface area contributed by atoms with E-state index < -0.39 is 0 Å². The average molecular weight is 366 g/mol. The zero-order valence-electron chi connectivity index (χ0n) is 17.3. The normalized spacial score (nSPS) is 12.4. The van der Waals surface area contributed by atoms with Gasteiger partial charge in [0.25, 0.3) is 0 Å². The fourth-order valence-electron chi connectivity index (χ4n) is 3.85. The van der Waals surface area contributed by atoms with Crippen LogP contribution in [0.5, 0.6) is 5.75 Å². The fraction of sp³-hybridized carbons (Fsp3) is 0.435. The second-order valence-electron chi connectivity index (χ2n) is 9.13. The summed E-state index contributed by atoms with van der Waals surface area (Å²) in [7, 11) is 0.